The lowest BCUT2D eigenvalue weighted by Gasteiger charge is -2.26. The van der Waals surface area contributed by atoms with Crippen molar-refractivity contribution in [2.24, 2.45) is 11.7 Å². The Balaban J connectivity index is 1.37. The van der Waals surface area contributed by atoms with E-state index in [1.807, 2.05) is 36.7 Å². The standard InChI is InChI=1S/C21H26N4O3S/c1-12-19(29-11-24-12)15-4-2-13(3-5-15)9-23-20(27)17-8-16(26)10-25(17)21(28)18(22)14-6-7-14/h2-5,11,14,16-18,26H,6-10,22H2,1H3,(H,23,27)/t16-,17-,18?/m1/s1. The second-order valence-electron chi connectivity index (χ2n) is 7.94. The first kappa shape index (κ1) is 20.0. The Bertz CT molecular complexity index is 894. The van der Waals surface area contributed by atoms with Gasteiger partial charge in [-0.05, 0) is 36.8 Å². The molecule has 2 aliphatic rings. The highest BCUT2D eigenvalue weighted by Crippen LogP contribution is 2.33. The summed E-state index contributed by atoms with van der Waals surface area (Å²) in [7, 11) is 0. The van der Waals surface area contributed by atoms with Crippen molar-refractivity contribution in [1.29, 1.82) is 0 Å². The summed E-state index contributed by atoms with van der Waals surface area (Å²) in [6, 6.07) is 6.76. The van der Waals surface area contributed by atoms with Crippen molar-refractivity contribution in [2.45, 2.75) is 50.9 Å². The highest BCUT2D eigenvalue weighted by Gasteiger charge is 2.43. The second kappa shape index (κ2) is 8.22. The fourth-order valence-corrected chi connectivity index (χ4v) is 4.63. The van der Waals surface area contributed by atoms with E-state index in [2.05, 4.69) is 10.3 Å². The van der Waals surface area contributed by atoms with E-state index < -0.39 is 18.2 Å². The lowest BCUT2D eigenvalue weighted by atomic mass is 10.1. The molecule has 4 rings (SSSR count). The number of nitrogens with one attached hydrogen (secondary N) is 1. The van der Waals surface area contributed by atoms with Crippen LogP contribution in [-0.2, 0) is 16.1 Å². The molecule has 4 N–H and O–H groups in total. The van der Waals surface area contributed by atoms with Gasteiger partial charge in [0.1, 0.15) is 6.04 Å². The van der Waals surface area contributed by atoms with Crippen molar-refractivity contribution in [2.75, 3.05) is 6.54 Å². The zero-order chi connectivity index (χ0) is 20.5. The Morgan fingerprint density at radius 3 is 2.69 bits per heavy atom. The molecule has 2 heterocycles. The van der Waals surface area contributed by atoms with E-state index in [9.17, 15) is 14.7 Å². The van der Waals surface area contributed by atoms with Gasteiger partial charge in [-0.3, -0.25) is 9.59 Å². The second-order valence-corrected chi connectivity index (χ2v) is 8.80. The van der Waals surface area contributed by atoms with Crippen LogP contribution in [-0.4, -0.2) is 51.5 Å². The lowest BCUT2D eigenvalue weighted by Crippen LogP contribution is -2.51. The molecule has 1 saturated carbocycles. The number of β-amino-alcohol motifs (C(OH)–C–C–N with tert-alkyl or cyclic N) is 1. The summed E-state index contributed by atoms with van der Waals surface area (Å²) < 4.78 is 0. The molecule has 1 unspecified atom stereocenters. The number of hydrogen-bond acceptors (Lipinski definition) is 6. The first-order valence-corrected chi connectivity index (χ1v) is 10.8. The zero-order valence-electron chi connectivity index (χ0n) is 16.4. The molecule has 1 saturated heterocycles. The van der Waals surface area contributed by atoms with E-state index in [4.69, 9.17) is 5.73 Å². The van der Waals surface area contributed by atoms with Crippen LogP contribution in [0.3, 0.4) is 0 Å². The van der Waals surface area contributed by atoms with Gasteiger partial charge in [-0.15, -0.1) is 11.3 Å². The van der Waals surface area contributed by atoms with Crippen molar-refractivity contribution < 1.29 is 14.7 Å². The van der Waals surface area contributed by atoms with E-state index in [0.717, 1.165) is 34.5 Å². The number of thiazole rings is 1. The molecule has 1 aromatic heterocycles. The van der Waals surface area contributed by atoms with E-state index in [1.54, 1.807) is 11.3 Å². The van der Waals surface area contributed by atoms with Crippen LogP contribution in [0.5, 0.6) is 0 Å². The molecule has 29 heavy (non-hydrogen) atoms. The quantitative estimate of drug-likeness (QED) is 0.663. The number of aliphatic hydroxyl groups is 1. The summed E-state index contributed by atoms with van der Waals surface area (Å²) in [4.78, 5) is 32.2. The smallest absolute Gasteiger partial charge is 0.243 e. The van der Waals surface area contributed by atoms with Crippen LogP contribution in [0.1, 0.15) is 30.5 Å². The monoisotopic (exact) mass is 414 g/mol. The Morgan fingerprint density at radius 1 is 1.34 bits per heavy atom. The van der Waals surface area contributed by atoms with E-state index in [-0.39, 0.29) is 30.7 Å². The zero-order valence-corrected chi connectivity index (χ0v) is 17.2. The van der Waals surface area contributed by atoms with Crippen LogP contribution >= 0.6 is 11.3 Å². The summed E-state index contributed by atoms with van der Waals surface area (Å²) in [6.07, 6.45) is 1.47. The van der Waals surface area contributed by atoms with E-state index in [0.29, 0.717) is 6.54 Å². The first-order valence-electron chi connectivity index (χ1n) is 9.95. The summed E-state index contributed by atoms with van der Waals surface area (Å²) in [5, 5.41) is 12.9. The number of carbonyl (C=O) groups excluding carboxylic acids is 2. The minimum atomic E-state index is -0.692. The van der Waals surface area contributed by atoms with Crippen LogP contribution in [0, 0.1) is 12.8 Å². The van der Waals surface area contributed by atoms with Gasteiger partial charge in [-0.2, -0.15) is 0 Å². The van der Waals surface area contributed by atoms with Gasteiger partial charge < -0.3 is 21.1 Å². The third-order valence-corrected chi connectivity index (χ3v) is 6.69. The maximum Gasteiger partial charge on any atom is 0.243 e. The molecule has 154 valence electrons. The maximum absolute atomic E-state index is 12.7. The number of likely N-dealkylation sites (tertiary alicyclic amines) is 1. The molecule has 0 radical (unpaired) electrons. The maximum atomic E-state index is 12.7. The number of carbonyl (C=O) groups is 2. The fraction of sp³-hybridized carbons (Fsp3) is 0.476. The van der Waals surface area contributed by atoms with Gasteiger partial charge >= 0.3 is 0 Å². The van der Waals surface area contributed by atoms with E-state index >= 15 is 0 Å². The largest absolute Gasteiger partial charge is 0.391 e. The molecular weight excluding hydrogens is 388 g/mol. The Kier molecular flexibility index (Phi) is 5.67. The number of benzene rings is 1. The Labute approximate surface area is 173 Å². The molecule has 2 amide bonds. The molecule has 0 bridgehead atoms. The molecule has 2 aromatic rings. The SMILES string of the molecule is Cc1ncsc1-c1ccc(CNC(=O)[C@H]2C[C@@H](O)CN2C(=O)C(N)C2CC2)cc1. The predicted octanol–water partition coefficient (Wildman–Crippen LogP) is 1.43. The summed E-state index contributed by atoms with van der Waals surface area (Å²) >= 11 is 1.60. The molecule has 1 aliphatic carbocycles. The minimum absolute atomic E-state index is 0.167. The summed E-state index contributed by atoms with van der Waals surface area (Å²) in [5.41, 5.74) is 10.9. The fourth-order valence-electron chi connectivity index (χ4n) is 3.81. The third kappa shape index (κ3) is 4.34. The number of hydrogen-bond donors (Lipinski definition) is 3. The molecule has 3 atom stereocenters. The first-order chi connectivity index (χ1) is 13.9. The number of aromatic nitrogens is 1. The number of aliphatic hydroxyl groups excluding tert-OH is 1. The molecular formula is C21H26N4O3S. The normalized spacial score (nSPS) is 22.5. The van der Waals surface area contributed by atoms with E-state index in [1.165, 1.54) is 4.90 Å². The molecule has 2 fully saturated rings. The average Bonchev–Trinajstić information content (AvgIpc) is 3.37. The topological polar surface area (TPSA) is 109 Å². The van der Waals surface area contributed by atoms with Crippen molar-refractivity contribution >= 4 is 23.2 Å². The Morgan fingerprint density at radius 2 is 2.07 bits per heavy atom. The highest BCUT2D eigenvalue weighted by atomic mass is 32.1. The van der Waals surface area contributed by atoms with Gasteiger partial charge in [0.25, 0.3) is 0 Å². The molecule has 0 spiro atoms. The van der Waals surface area contributed by atoms with Crippen LogP contribution in [0.15, 0.2) is 29.8 Å². The van der Waals surface area contributed by atoms with Gasteiger partial charge in [-0.1, -0.05) is 24.3 Å². The van der Waals surface area contributed by atoms with Crippen LogP contribution in [0.2, 0.25) is 0 Å². The predicted molar refractivity (Wildman–Crippen MR) is 111 cm³/mol. The van der Waals surface area contributed by atoms with Gasteiger partial charge in [0, 0.05) is 19.5 Å². The lowest BCUT2D eigenvalue weighted by molar-refractivity contribution is -0.139. The van der Waals surface area contributed by atoms with Gasteiger partial charge in [0.2, 0.25) is 11.8 Å². The number of nitrogens with zero attached hydrogens (tertiary/aromatic N) is 2. The number of rotatable bonds is 6. The number of aryl methyl sites for hydroxylation is 1. The van der Waals surface area contributed by atoms with Crippen LogP contribution < -0.4 is 11.1 Å². The third-order valence-electron chi connectivity index (χ3n) is 5.71. The Hall–Kier alpha value is -2.29. The molecule has 8 heteroatoms. The minimum Gasteiger partial charge on any atom is -0.391 e. The van der Waals surface area contributed by atoms with Crippen molar-refractivity contribution in [3.8, 4) is 10.4 Å². The molecule has 1 aromatic carbocycles. The highest BCUT2D eigenvalue weighted by molar-refractivity contribution is 7.13. The van der Waals surface area contributed by atoms with Gasteiger partial charge in [-0.25, -0.2) is 4.98 Å². The molecule has 7 nitrogen and oxygen atoms in total. The van der Waals surface area contributed by atoms with Crippen LogP contribution in [0.4, 0.5) is 0 Å². The summed E-state index contributed by atoms with van der Waals surface area (Å²) in [5.74, 6) is -0.265. The van der Waals surface area contributed by atoms with Crippen molar-refractivity contribution in [3.05, 3.63) is 41.0 Å². The molecule has 1 aliphatic heterocycles. The van der Waals surface area contributed by atoms with Gasteiger partial charge in [0.05, 0.1) is 28.2 Å². The van der Waals surface area contributed by atoms with Crippen molar-refractivity contribution in [3.63, 3.8) is 0 Å². The van der Waals surface area contributed by atoms with Crippen molar-refractivity contribution in [1.82, 2.24) is 15.2 Å². The number of amides is 2. The summed E-state index contributed by atoms with van der Waals surface area (Å²) in [6.45, 7) is 2.52. The average molecular weight is 415 g/mol. The number of nitrogens with two attached hydrogens (primary N) is 1. The van der Waals surface area contributed by atoms with Gasteiger partial charge in [0.15, 0.2) is 0 Å². The van der Waals surface area contributed by atoms with Crippen LogP contribution in [0.25, 0.3) is 10.4 Å².